The van der Waals surface area contributed by atoms with Crippen LogP contribution in [0.5, 0.6) is 0 Å². The molecule has 2 atom stereocenters. The van der Waals surface area contributed by atoms with Crippen molar-refractivity contribution in [2.24, 2.45) is 0 Å². The predicted molar refractivity (Wildman–Crippen MR) is 79.6 cm³/mol. The number of nitrogens with zero attached hydrogens (tertiary/aromatic N) is 1. The number of aryl methyl sites for hydroxylation is 1. The van der Waals surface area contributed by atoms with E-state index < -0.39 is 0 Å². The van der Waals surface area contributed by atoms with Gasteiger partial charge in [0, 0.05) is 18.0 Å². The number of hydrogen-bond donors (Lipinski definition) is 1. The van der Waals surface area contributed by atoms with Gasteiger partial charge in [0.05, 0.1) is 5.69 Å². The molecule has 2 aromatic rings. The Morgan fingerprint density at radius 1 is 1.26 bits per heavy atom. The van der Waals surface area contributed by atoms with Crippen molar-refractivity contribution in [1.29, 1.82) is 0 Å². The van der Waals surface area contributed by atoms with Gasteiger partial charge in [-0.1, -0.05) is 30.3 Å². The van der Waals surface area contributed by atoms with Crippen molar-refractivity contribution < 1.29 is 4.74 Å². The molecule has 0 spiro atoms. The third kappa shape index (κ3) is 3.03. The minimum atomic E-state index is -0.0808. The Morgan fingerprint density at radius 2 is 1.95 bits per heavy atom. The minimum absolute atomic E-state index is 0.0808. The fourth-order valence-corrected chi connectivity index (χ4v) is 3.32. The van der Waals surface area contributed by atoms with Gasteiger partial charge in [0.1, 0.15) is 11.1 Å². The Balaban J connectivity index is 2.35. The predicted octanol–water partition coefficient (Wildman–Crippen LogP) is 3.47. The van der Waals surface area contributed by atoms with Gasteiger partial charge in [0.2, 0.25) is 0 Å². The molecule has 0 aliphatic heterocycles. The third-order valence-electron chi connectivity index (χ3n) is 3.24. The minimum Gasteiger partial charge on any atom is -0.370 e. The molecule has 19 heavy (non-hydrogen) atoms. The molecule has 0 fully saturated rings. The second-order valence-corrected chi connectivity index (χ2v) is 5.60. The number of methoxy groups -OCH3 is 1. The quantitative estimate of drug-likeness (QED) is 0.908. The summed E-state index contributed by atoms with van der Waals surface area (Å²) in [6.45, 7) is 4.20. The van der Waals surface area contributed by atoms with E-state index in [1.807, 2.05) is 25.2 Å². The lowest BCUT2D eigenvalue weighted by molar-refractivity contribution is 0.136. The van der Waals surface area contributed by atoms with Gasteiger partial charge in [-0.2, -0.15) is 0 Å². The Bertz CT molecular complexity index is 524. The van der Waals surface area contributed by atoms with Crippen molar-refractivity contribution in [3.05, 3.63) is 51.5 Å². The lowest BCUT2D eigenvalue weighted by Crippen LogP contribution is -2.11. The van der Waals surface area contributed by atoms with E-state index in [1.54, 1.807) is 18.4 Å². The van der Waals surface area contributed by atoms with Gasteiger partial charge in [-0.3, -0.25) is 0 Å². The van der Waals surface area contributed by atoms with E-state index in [-0.39, 0.29) is 6.10 Å². The van der Waals surface area contributed by atoms with Gasteiger partial charge in [0.15, 0.2) is 0 Å². The fourth-order valence-electron chi connectivity index (χ4n) is 2.08. The molecule has 0 radical (unpaired) electrons. The van der Waals surface area contributed by atoms with E-state index in [4.69, 9.17) is 4.74 Å². The second-order valence-electron chi connectivity index (χ2n) is 4.54. The summed E-state index contributed by atoms with van der Waals surface area (Å²) in [7, 11) is 3.70. The van der Waals surface area contributed by atoms with Crippen LogP contribution in [0.2, 0.25) is 0 Å². The van der Waals surface area contributed by atoms with Crippen LogP contribution < -0.4 is 5.32 Å². The van der Waals surface area contributed by atoms with Crippen molar-refractivity contribution in [3.8, 4) is 0 Å². The zero-order valence-electron chi connectivity index (χ0n) is 11.8. The highest BCUT2D eigenvalue weighted by Gasteiger charge is 2.20. The molecule has 0 aliphatic carbocycles. The van der Waals surface area contributed by atoms with E-state index in [9.17, 15) is 0 Å². The first-order valence-corrected chi connectivity index (χ1v) is 7.21. The van der Waals surface area contributed by atoms with E-state index >= 15 is 0 Å². The van der Waals surface area contributed by atoms with Crippen LogP contribution >= 0.6 is 11.3 Å². The van der Waals surface area contributed by atoms with Crippen molar-refractivity contribution in [2.75, 3.05) is 14.2 Å². The van der Waals surface area contributed by atoms with Gasteiger partial charge in [-0.15, -0.1) is 11.3 Å². The van der Waals surface area contributed by atoms with Crippen molar-refractivity contribution in [1.82, 2.24) is 10.3 Å². The van der Waals surface area contributed by atoms with Crippen LogP contribution in [0, 0.1) is 6.92 Å². The summed E-state index contributed by atoms with van der Waals surface area (Å²) in [5.74, 6) is 0. The molecule has 1 heterocycles. The van der Waals surface area contributed by atoms with Crippen molar-refractivity contribution in [3.63, 3.8) is 0 Å². The van der Waals surface area contributed by atoms with Gasteiger partial charge >= 0.3 is 0 Å². The number of hydrogen-bond acceptors (Lipinski definition) is 4. The van der Waals surface area contributed by atoms with E-state index in [0.717, 1.165) is 16.3 Å². The normalized spacial score (nSPS) is 14.3. The Kier molecular flexibility index (Phi) is 4.69. The number of benzene rings is 1. The maximum atomic E-state index is 5.63. The van der Waals surface area contributed by atoms with Gasteiger partial charge in [-0.05, 0) is 26.5 Å². The topological polar surface area (TPSA) is 34.1 Å². The highest BCUT2D eigenvalue weighted by atomic mass is 32.1. The molecule has 3 nitrogen and oxygen atoms in total. The van der Waals surface area contributed by atoms with Crippen LogP contribution in [0.4, 0.5) is 0 Å². The van der Waals surface area contributed by atoms with Crippen LogP contribution in [-0.2, 0) is 4.74 Å². The van der Waals surface area contributed by atoms with Gasteiger partial charge < -0.3 is 10.1 Å². The molecule has 1 N–H and O–H groups in total. The molecule has 0 saturated carbocycles. The number of ether oxygens (including phenoxy) is 1. The van der Waals surface area contributed by atoms with E-state index in [0.29, 0.717) is 6.04 Å². The Morgan fingerprint density at radius 3 is 2.53 bits per heavy atom. The summed E-state index contributed by atoms with van der Waals surface area (Å²) < 4.78 is 5.63. The standard InChI is InChI=1S/C15H20N2OS/c1-10(16-3)14-11(2)17-15(19-14)13(18-4)12-8-6-5-7-9-12/h5-10,13,16H,1-4H3. The lowest BCUT2D eigenvalue weighted by Gasteiger charge is -2.12. The first-order valence-electron chi connectivity index (χ1n) is 6.39. The smallest absolute Gasteiger partial charge is 0.134 e. The summed E-state index contributed by atoms with van der Waals surface area (Å²) in [6.07, 6.45) is -0.0808. The van der Waals surface area contributed by atoms with Gasteiger partial charge in [-0.25, -0.2) is 4.98 Å². The maximum Gasteiger partial charge on any atom is 0.134 e. The monoisotopic (exact) mass is 276 g/mol. The summed E-state index contributed by atoms with van der Waals surface area (Å²) in [4.78, 5) is 5.95. The SMILES string of the molecule is CNC(C)c1sc(C(OC)c2ccccc2)nc1C. The molecule has 0 saturated heterocycles. The molecule has 4 heteroatoms. The van der Waals surface area contributed by atoms with Crippen LogP contribution in [0.15, 0.2) is 30.3 Å². The number of thiazole rings is 1. The fraction of sp³-hybridized carbons (Fsp3) is 0.400. The third-order valence-corrected chi connectivity index (χ3v) is 4.62. The summed E-state index contributed by atoms with van der Waals surface area (Å²) in [6, 6.07) is 10.5. The van der Waals surface area contributed by atoms with E-state index in [1.165, 1.54) is 4.88 Å². The Labute approximate surface area is 118 Å². The molecule has 0 bridgehead atoms. The van der Waals surface area contributed by atoms with Crippen LogP contribution in [0.1, 0.15) is 40.2 Å². The molecular formula is C15H20N2OS. The average molecular weight is 276 g/mol. The molecule has 0 amide bonds. The zero-order valence-corrected chi connectivity index (χ0v) is 12.6. The van der Waals surface area contributed by atoms with Gasteiger partial charge in [0.25, 0.3) is 0 Å². The first kappa shape index (κ1) is 14.2. The van der Waals surface area contributed by atoms with Crippen LogP contribution in [0.3, 0.4) is 0 Å². The molecule has 1 aromatic heterocycles. The van der Waals surface area contributed by atoms with Crippen molar-refractivity contribution in [2.45, 2.75) is 26.0 Å². The highest BCUT2D eigenvalue weighted by molar-refractivity contribution is 7.11. The van der Waals surface area contributed by atoms with Crippen LogP contribution in [0.25, 0.3) is 0 Å². The summed E-state index contributed by atoms with van der Waals surface area (Å²) in [5.41, 5.74) is 2.22. The van der Waals surface area contributed by atoms with E-state index in [2.05, 4.69) is 36.3 Å². The molecule has 2 unspecified atom stereocenters. The Hall–Kier alpha value is -1.23. The second kappa shape index (κ2) is 6.28. The lowest BCUT2D eigenvalue weighted by atomic mass is 10.1. The highest BCUT2D eigenvalue weighted by Crippen LogP contribution is 2.33. The molecule has 0 aliphatic rings. The van der Waals surface area contributed by atoms with Crippen molar-refractivity contribution >= 4 is 11.3 Å². The average Bonchev–Trinajstić information content (AvgIpc) is 2.82. The molecular weight excluding hydrogens is 256 g/mol. The largest absolute Gasteiger partial charge is 0.370 e. The number of aromatic nitrogens is 1. The number of nitrogens with one attached hydrogen (secondary N) is 1. The molecule has 102 valence electrons. The summed E-state index contributed by atoms with van der Waals surface area (Å²) >= 11 is 1.72. The maximum absolute atomic E-state index is 5.63. The summed E-state index contributed by atoms with van der Waals surface area (Å²) in [5, 5.41) is 4.28. The first-order chi connectivity index (χ1) is 9.17. The van der Waals surface area contributed by atoms with Crippen LogP contribution in [-0.4, -0.2) is 19.1 Å². The molecule has 1 aromatic carbocycles. The molecule has 2 rings (SSSR count). The zero-order chi connectivity index (χ0) is 13.8. The number of rotatable bonds is 5.